The number of alkyl halides is 3. The number of carboxylic acid groups (broad SMARTS) is 1. The molecule has 28 heavy (non-hydrogen) atoms. The zero-order valence-corrected chi connectivity index (χ0v) is 14.8. The Morgan fingerprint density at radius 1 is 1.25 bits per heavy atom. The van der Waals surface area contributed by atoms with Crippen molar-refractivity contribution in [2.45, 2.75) is 33.3 Å². The van der Waals surface area contributed by atoms with Crippen molar-refractivity contribution in [3.8, 4) is 17.3 Å². The molecule has 0 fully saturated rings. The standard InChI is InChI=1S/C16H15F3N6O3/c1-3-24-7-10(9(2)22-24)12-6-13(16(17,18)19)21-15(20-12)28-8-25-5-4-11(23-25)14(26)27/h4-7H,3,8H2,1-2H3,(H,26,27). The first kappa shape index (κ1) is 19.3. The minimum Gasteiger partial charge on any atom is -0.476 e. The third kappa shape index (κ3) is 4.10. The second-order valence-corrected chi connectivity index (χ2v) is 5.72. The van der Waals surface area contributed by atoms with E-state index in [4.69, 9.17) is 9.84 Å². The summed E-state index contributed by atoms with van der Waals surface area (Å²) in [5, 5.41) is 16.8. The number of hydrogen-bond donors (Lipinski definition) is 1. The molecular weight excluding hydrogens is 381 g/mol. The lowest BCUT2D eigenvalue weighted by atomic mass is 10.1. The molecule has 148 valence electrons. The number of aromatic nitrogens is 6. The molecule has 9 nitrogen and oxygen atoms in total. The van der Waals surface area contributed by atoms with E-state index in [-0.39, 0.29) is 18.1 Å². The van der Waals surface area contributed by atoms with Gasteiger partial charge in [0.15, 0.2) is 18.1 Å². The Labute approximate surface area is 156 Å². The molecule has 0 radical (unpaired) electrons. The fraction of sp³-hybridized carbons (Fsp3) is 0.312. The van der Waals surface area contributed by atoms with Gasteiger partial charge in [-0.15, -0.1) is 0 Å². The summed E-state index contributed by atoms with van der Waals surface area (Å²) >= 11 is 0. The van der Waals surface area contributed by atoms with Crippen molar-refractivity contribution in [1.29, 1.82) is 0 Å². The van der Waals surface area contributed by atoms with Gasteiger partial charge in [0, 0.05) is 24.5 Å². The maximum atomic E-state index is 13.2. The van der Waals surface area contributed by atoms with E-state index in [0.717, 1.165) is 10.7 Å². The first-order chi connectivity index (χ1) is 13.2. The molecule has 0 aliphatic rings. The SMILES string of the molecule is CCn1cc(-c2cc(C(F)(F)F)nc(OCn3ccc(C(=O)O)n3)n2)c(C)n1. The zero-order valence-electron chi connectivity index (χ0n) is 14.8. The number of hydrogen-bond acceptors (Lipinski definition) is 6. The molecule has 3 heterocycles. The molecule has 0 unspecified atom stereocenters. The van der Waals surface area contributed by atoms with Crippen molar-refractivity contribution in [3.05, 3.63) is 41.6 Å². The summed E-state index contributed by atoms with van der Waals surface area (Å²) in [5.74, 6) is -1.24. The lowest BCUT2D eigenvalue weighted by Gasteiger charge is -2.11. The van der Waals surface area contributed by atoms with Gasteiger partial charge in [-0.25, -0.2) is 9.48 Å². The molecule has 3 rings (SSSR count). The average Bonchev–Trinajstić information content (AvgIpc) is 3.25. The largest absolute Gasteiger partial charge is 0.476 e. The summed E-state index contributed by atoms with van der Waals surface area (Å²) in [7, 11) is 0. The second kappa shape index (κ2) is 7.29. The Morgan fingerprint density at radius 3 is 2.57 bits per heavy atom. The van der Waals surface area contributed by atoms with Gasteiger partial charge in [-0.1, -0.05) is 0 Å². The highest BCUT2D eigenvalue weighted by molar-refractivity contribution is 5.85. The van der Waals surface area contributed by atoms with Crippen LogP contribution in [-0.2, 0) is 19.5 Å². The fourth-order valence-corrected chi connectivity index (χ4v) is 2.38. The lowest BCUT2D eigenvalue weighted by molar-refractivity contribution is -0.141. The summed E-state index contributed by atoms with van der Waals surface area (Å²) in [6.07, 6.45) is -1.80. The van der Waals surface area contributed by atoms with Crippen LogP contribution >= 0.6 is 0 Å². The van der Waals surface area contributed by atoms with E-state index >= 15 is 0 Å². The number of aryl methyl sites for hydroxylation is 2. The third-order valence-electron chi connectivity index (χ3n) is 3.73. The number of nitrogens with zero attached hydrogens (tertiary/aromatic N) is 6. The lowest BCUT2D eigenvalue weighted by Crippen LogP contribution is -2.13. The van der Waals surface area contributed by atoms with Gasteiger partial charge < -0.3 is 9.84 Å². The highest BCUT2D eigenvalue weighted by Crippen LogP contribution is 2.32. The normalized spacial score (nSPS) is 11.6. The van der Waals surface area contributed by atoms with Gasteiger partial charge in [0.05, 0.1) is 11.4 Å². The summed E-state index contributed by atoms with van der Waals surface area (Å²) in [5.41, 5.74) is -0.439. The van der Waals surface area contributed by atoms with Crippen molar-refractivity contribution in [2.75, 3.05) is 0 Å². The number of halogens is 3. The molecule has 0 aromatic carbocycles. The molecular formula is C16H15F3N6O3. The predicted octanol–water partition coefficient (Wildman–Crippen LogP) is 2.62. The van der Waals surface area contributed by atoms with Crippen LogP contribution in [0.5, 0.6) is 6.01 Å². The van der Waals surface area contributed by atoms with Crippen LogP contribution in [0.4, 0.5) is 13.2 Å². The maximum absolute atomic E-state index is 13.2. The van der Waals surface area contributed by atoms with Crippen molar-refractivity contribution < 1.29 is 27.8 Å². The van der Waals surface area contributed by atoms with E-state index in [0.29, 0.717) is 17.8 Å². The molecule has 0 saturated heterocycles. The summed E-state index contributed by atoms with van der Waals surface area (Å²) in [6, 6.07) is 1.54. The Bertz CT molecular complexity index is 1010. The number of carboxylic acids is 1. The molecule has 0 amide bonds. The Balaban J connectivity index is 1.93. The molecule has 0 spiro atoms. The van der Waals surface area contributed by atoms with Crippen molar-refractivity contribution in [1.82, 2.24) is 29.5 Å². The molecule has 0 aliphatic heterocycles. The highest BCUT2D eigenvalue weighted by atomic mass is 19.4. The summed E-state index contributed by atoms with van der Waals surface area (Å²) < 4.78 is 47.6. The molecule has 1 N–H and O–H groups in total. The second-order valence-electron chi connectivity index (χ2n) is 5.72. The van der Waals surface area contributed by atoms with E-state index in [9.17, 15) is 18.0 Å². The zero-order chi connectivity index (χ0) is 20.5. The van der Waals surface area contributed by atoms with Gasteiger partial charge in [0.25, 0.3) is 0 Å². The third-order valence-corrected chi connectivity index (χ3v) is 3.73. The minimum atomic E-state index is -4.70. The minimum absolute atomic E-state index is 0.0150. The van der Waals surface area contributed by atoms with Gasteiger partial charge in [-0.3, -0.25) is 4.68 Å². The van der Waals surface area contributed by atoms with Gasteiger partial charge in [0.2, 0.25) is 0 Å². The van der Waals surface area contributed by atoms with E-state index < -0.39 is 23.8 Å². The number of rotatable bonds is 6. The molecule has 3 aromatic heterocycles. The summed E-state index contributed by atoms with van der Waals surface area (Å²) in [6.45, 7) is 3.70. The van der Waals surface area contributed by atoms with Gasteiger partial charge in [-0.2, -0.15) is 33.3 Å². The van der Waals surface area contributed by atoms with Gasteiger partial charge >= 0.3 is 18.2 Å². The number of aromatic carboxylic acids is 1. The first-order valence-electron chi connectivity index (χ1n) is 8.07. The van der Waals surface area contributed by atoms with Gasteiger partial charge in [0.1, 0.15) is 0 Å². The smallest absolute Gasteiger partial charge is 0.433 e. The van der Waals surface area contributed by atoms with Crippen molar-refractivity contribution in [2.24, 2.45) is 0 Å². The topological polar surface area (TPSA) is 108 Å². The van der Waals surface area contributed by atoms with Crippen molar-refractivity contribution in [3.63, 3.8) is 0 Å². The first-order valence-corrected chi connectivity index (χ1v) is 8.07. The monoisotopic (exact) mass is 396 g/mol. The predicted molar refractivity (Wildman–Crippen MR) is 88.5 cm³/mol. The molecule has 0 saturated carbocycles. The van der Waals surface area contributed by atoms with Crippen LogP contribution in [0.3, 0.4) is 0 Å². The fourth-order valence-electron chi connectivity index (χ4n) is 2.38. The van der Waals surface area contributed by atoms with Crippen LogP contribution in [0.15, 0.2) is 24.5 Å². The van der Waals surface area contributed by atoms with E-state index in [2.05, 4.69) is 20.2 Å². The maximum Gasteiger partial charge on any atom is 0.433 e. The van der Waals surface area contributed by atoms with E-state index in [1.807, 2.05) is 6.92 Å². The Kier molecular flexibility index (Phi) is 5.03. The van der Waals surface area contributed by atoms with E-state index in [1.165, 1.54) is 12.3 Å². The molecule has 0 bridgehead atoms. The van der Waals surface area contributed by atoms with Crippen LogP contribution in [0.25, 0.3) is 11.3 Å². The van der Waals surface area contributed by atoms with Crippen LogP contribution in [0, 0.1) is 6.92 Å². The van der Waals surface area contributed by atoms with Crippen LogP contribution in [0.2, 0.25) is 0 Å². The van der Waals surface area contributed by atoms with Gasteiger partial charge in [-0.05, 0) is 26.0 Å². The Morgan fingerprint density at radius 2 is 2.00 bits per heavy atom. The quantitative estimate of drug-likeness (QED) is 0.682. The Hall–Kier alpha value is -3.44. The van der Waals surface area contributed by atoms with Crippen molar-refractivity contribution >= 4 is 5.97 Å². The average molecular weight is 396 g/mol. The molecule has 3 aromatic rings. The van der Waals surface area contributed by atoms with E-state index in [1.54, 1.807) is 17.8 Å². The summed E-state index contributed by atoms with van der Waals surface area (Å²) in [4.78, 5) is 18.3. The molecule has 0 atom stereocenters. The van der Waals surface area contributed by atoms with Crippen LogP contribution in [0.1, 0.15) is 28.8 Å². The number of carbonyl (C=O) groups is 1. The molecule has 0 aliphatic carbocycles. The number of ether oxygens (including phenoxy) is 1. The highest BCUT2D eigenvalue weighted by Gasteiger charge is 2.34. The van der Waals surface area contributed by atoms with Crippen LogP contribution < -0.4 is 4.74 Å². The molecule has 12 heteroatoms. The van der Waals surface area contributed by atoms with Crippen LogP contribution in [-0.4, -0.2) is 40.6 Å².